The molecule has 0 fully saturated rings. The molecular weight excluding hydrogens is 317 g/mol. The summed E-state index contributed by atoms with van der Waals surface area (Å²) in [5, 5.41) is 0. The van der Waals surface area contributed by atoms with Gasteiger partial charge in [-0.05, 0) is 35.8 Å². The van der Waals surface area contributed by atoms with E-state index in [1.807, 2.05) is 24.3 Å². The maximum Gasteiger partial charge on any atom is 0.523 e. The van der Waals surface area contributed by atoms with Crippen LogP contribution >= 0.6 is 0 Å². The smallest absolute Gasteiger partial charge is 0.263 e. The van der Waals surface area contributed by atoms with E-state index < -0.39 is 22.2 Å². The average Bonchev–Trinajstić information content (AvgIpc) is 2.43. The van der Waals surface area contributed by atoms with E-state index in [1.54, 1.807) is 0 Å². The summed E-state index contributed by atoms with van der Waals surface area (Å²) >= 11 is 0. The van der Waals surface area contributed by atoms with E-state index in [0.717, 1.165) is 17.5 Å². The quantitative estimate of drug-likeness (QED) is 0.426. The van der Waals surface area contributed by atoms with Crippen LogP contribution < -0.4 is 0 Å². The second-order valence-electron chi connectivity index (χ2n) is 5.76. The van der Waals surface area contributed by atoms with E-state index in [1.165, 1.54) is 0 Å². The average molecular weight is 338 g/mol. The van der Waals surface area contributed by atoms with Crippen molar-refractivity contribution in [1.82, 2.24) is 0 Å². The molecule has 126 valence electrons. The van der Waals surface area contributed by atoms with Gasteiger partial charge in [0.05, 0.1) is 6.61 Å². The molecule has 0 radical (unpaired) electrons. The van der Waals surface area contributed by atoms with Crippen LogP contribution in [0.25, 0.3) is 0 Å². The lowest BCUT2D eigenvalue weighted by Gasteiger charge is -2.23. The third-order valence-corrected chi connectivity index (χ3v) is 4.77. The van der Waals surface area contributed by atoms with Crippen molar-refractivity contribution in [1.29, 1.82) is 0 Å². The Bertz CT molecular complexity index is 592. The zero-order valence-electron chi connectivity index (χ0n) is 12.9. The summed E-state index contributed by atoms with van der Waals surface area (Å²) in [6, 6.07) is 7.78. The Morgan fingerprint density at radius 1 is 1.18 bits per heavy atom. The van der Waals surface area contributed by atoms with E-state index in [0.29, 0.717) is 6.42 Å². The minimum Gasteiger partial charge on any atom is -0.263 e. The molecule has 0 amide bonds. The molecule has 0 heterocycles. The molecule has 0 unspecified atom stereocenters. The van der Waals surface area contributed by atoms with Crippen LogP contribution in [0.4, 0.5) is 13.2 Å². The second-order valence-corrected chi connectivity index (χ2v) is 7.37. The van der Waals surface area contributed by atoms with Gasteiger partial charge >= 0.3 is 15.6 Å². The van der Waals surface area contributed by atoms with Crippen LogP contribution in [0.3, 0.4) is 0 Å². The second kappa shape index (κ2) is 7.00. The van der Waals surface area contributed by atoms with Crippen LogP contribution in [-0.4, -0.2) is 20.5 Å². The molecule has 3 nitrogen and oxygen atoms in total. The molecule has 0 bridgehead atoms. The number of benzene rings is 1. The van der Waals surface area contributed by atoms with E-state index in [9.17, 15) is 21.6 Å². The summed E-state index contributed by atoms with van der Waals surface area (Å²) in [5.41, 5.74) is -3.24. The molecule has 0 aliphatic carbocycles. The highest BCUT2D eigenvalue weighted by atomic mass is 32.2. The van der Waals surface area contributed by atoms with Crippen molar-refractivity contribution in [3.8, 4) is 0 Å². The van der Waals surface area contributed by atoms with Gasteiger partial charge in [0.2, 0.25) is 0 Å². The molecule has 1 aromatic rings. The lowest BCUT2D eigenvalue weighted by atomic mass is 9.81. The van der Waals surface area contributed by atoms with E-state index in [4.69, 9.17) is 0 Å². The molecule has 0 aliphatic rings. The Balaban J connectivity index is 2.59. The predicted octanol–water partition coefficient (Wildman–Crippen LogP) is 4.17. The molecule has 0 N–H and O–H groups in total. The molecule has 0 saturated heterocycles. The van der Waals surface area contributed by atoms with Crippen LogP contribution in [0.5, 0.6) is 0 Å². The van der Waals surface area contributed by atoms with Gasteiger partial charge in [0.1, 0.15) is 0 Å². The minimum absolute atomic E-state index is 0.0200. The first-order chi connectivity index (χ1) is 9.99. The highest BCUT2D eigenvalue weighted by Crippen LogP contribution is 2.28. The molecule has 7 heteroatoms. The summed E-state index contributed by atoms with van der Waals surface area (Å²) in [5.74, 6) is 0. The van der Waals surface area contributed by atoms with Crippen molar-refractivity contribution in [2.45, 2.75) is 51.0 Å². The molecule has 1 rings (SSSR count). The standard InChI is InChI=1S/C15H21F3O3S/c1-4-14(2,3)13-9-5-7-12(11-13)8-6-10-21-22(19,20)15(16,17)18/h5,7,9,11H,4,6,8,10H2,1-3H3. The summed E-state index contributed by atoms with van der Waals surface area (Å²) in [7, 11) is -5.49. The van der Waals surface area contributed by atoms with Gasteiger partial charge < -0.3 is 0 Å². The first kappa shape index (κ1) is 19.0. The summed E-state index contributed by atoms with van der Waals surface area (Å²) in [6.07, 6.45) is 1.62. The molecule has 0 atom stereocenters. The predicted molar refractivity (Wildman–Crippen MR) is 79.0 cm³/mol. The van der Waals surface area contributed by atoms with Gasteiger partial charge in [0, 0.05) is 0 Å². The number of halogens is 3. The van der Waals surface area contributed by atoms with Crippen molar-refractivity contribution in [2.75, 3.05) is 6.61 Å². The lowest BCUT2D eigenvalue weighted by molar-refractivity contribution is -0.0542. The molecule has 0 saturated carbocycles. The van der Waals surface area contributed by atoms with Gasteiger partial charge in [0.15, 0.2) is 0 Å². The topological polar surface area (TPSA) is 43.4 Å². The zero-order valence-corrected chi connectivity index (χ0v) is 13.7. The van der Waals surface area contributed by atoms with Crippen LogP contribution in [0.2, 0.25) is 0 Å². The van der Waals surface area contributed by atoms with Crippen LogP contribution in [0, 0.1) is 0 Å². The maximum atomic E-state index is 12.1. The highest BCUT2D eigenvalue weighted by Gasteiger charge is 2.47. The molecule has 0 spiro atoms. The van der Waals surface area contributed by atoms with Crippen LogP contribution in [-0.2, 0) is 26.1 Å². The number of hydrogen-bond acceptors (Lipinski definition) is 3. The van der Waals surface area contributed by atoms with Crippen molar-refractivity contribution < 1.29 is 25.8 Å². The van der Waals surface area contributed by atoms with Crippen molar-refractivity contribution >= 4 is 10.1 Å². The molecule has 0 aromatic heterocycles. The van der Waals surface area contributed by atoms with Gasteiger partial charge in [-0.15, -0.1) is 0 Å². The third-order valence-electron chi connectivity index (χ3n) is 3.72. The Morgan fingerprint density at radius 3 is 2.36 bits per heavy atom. The fraction of sp³-hybridized carbons (Fsp3) is 0.600. The highest BCUT2D eigenvalue weighted by molar-refractivity contribution is 7.87. The van der Waals surface area contributed by atoms with Crippen LogP contribution in [0.15, 0.2) is 24.3 Å². The number of rotatable bonds is 7. The SMILES string of the molecule is CCC(C)(C)c1cccc(CCCOS(=O)(=O)C(F)(F)F)c1. The van der Waals surface area contributed by atoms with Gasteiger partial charge in [-0.1, -0.05) is 45.0 Å². The fourth-order valence-electron chi connectivity index (χ4n) is 1.86. The number of aryl methyl sites for hydroxylation is 1. The Labute approximate surface area is 129 Å². The summed E-state index contributed by atoms with van der Waals surface area (Å²) in [4.78, 5) is 0. The molecule has 1 aromatic carbocycles. The lowest BCUT2D eigenvalue weighted by Crippen LogP contribution is -2.26. The minimum atomic E-state index is -5.49. The Kier molecular flexibility index (Phi) is 6.03. The van der Waals surface area contributed by atoms with Crippen molar-refractivity contribution in [2.24, 2.45) is 0 Å². The van der Waals surface area contributed by atoms with Gasteiger partial charge in [0.25, 0.3) is 0 Å². The normalized spacial score (nSPS) is 13.4. The Morgan fingerprint density at radius 2 is 1.82 bits per heavy atom. The summed E-state index contributed by atoms with van der Waals surface area (Å²) in [6.45, 7) is 5.84. The van der Waals surface area contributed by atoms with Gasteiger partial charge in [-0.25, -0.2) is 0 Å². The fourth-order valence-corrected chi connectivity index (χ4v) is 2.33. The van der Waals surface area contributed by atoms with E-state index >= 15 is 0 Å². The zero-order chi connectivity index (χ0) is 17.0. The summed E-state index contributed by atoms with van der Waals surface area (Å²) < 4.78 is 61.7. The van der Waals surface area contributed by atoms with Gasteiger partial charge in [-0.2, -0.15) is 21.6 Å². The third kappa shape index (κ3) is 4.98. The molecule has 0 aliphatic heterocycles. The van der Waals surface area contributed by atoms with E-state index in [2.05, 4.69) is 25.0 Å². The van der Waals surface area contributed by atoms with Crippen molar-refractivity contribution in [3.05, 3.63) is 35.4 Å². The van der Waals surface area contributed by atoms with Crippen molar-refractivity contribution in [3.63, 3.8) is 0 Å². The largest absolute Gasteiger partial charge is 0.523 e. The van der Waals surface area contributed by atoms with E-state index in [-0.39, 0.29) is 11.8 Å². The molecular formula is C15H21F3O3S. The Hall–Kier alpha value is -1.08. The molecule has 22 heavy (non-hydrogen) atoms. The number of alkyl halides is 3. The maximum absolute atomic E-state index is 12.1. The first-order valence-electron chi connectivity index (χ1n) is 7.05. The first-order valence-corrected chi connectivity index (χ1v) is 8.45. The van der Waals surface area contributed by atoms with Gasteiger partial charge in [-0.3, -0.25) is 4.18 Å². The number of hydrogen-bond donors (Lipinski definition) is 0. The van der Waals surface area contributed by atoms with Crippen LogP contribution in [0.1, 0.15) is 44.7 Å². The monoisotopic (exact) mass is 338 g/mol.